The van der Waals surface area contributed by atoms with Crippen molar-refractivity contribution in [3.8, 4) is 5.75 Å². The molecule has 0 radical (unpaired) electrons. The SMILES string of the molecule is COc1cc(F)c([C@@H]2CNC(=O)[C@H]2NC(=O)Nc2ccccc2F)c(F)c1. The standard InChI is InChI=1S/C18H16F3N3O3/c1-27-9-6-12(20)15(13(21)7-9)10-8-22-17(25)16(10)24-18(26)23-14-5-3-2-4-11(14)19/h2-7,10,16H,8H2,1H3,(H,22,25)(H2,23,24,26)/t10-,16-/m0/s1. The van der Waals surface area contributed by atoms with Crippen LogP contribution in [0.15, 0.2) is 36.4 Å². The van der Waals surface area contributed by atoms with Crippen LogP contribution in [-0.2, 0) is 4.79 Å². The molecule has 2 aromatic carbocycles. The number of rotatable bonds is 4. The van der Waals surface area contributed by atoms with Gasteiger partial charge in [-0.1, -0.05) is 12.1 Å². The van der Waals surface area contributed by atoms with Gasteiger partial charge < -0.3 is 20.7 Å². The normalized spacial score (nSPS) is 18.7. The third-order valence-electron chi connectivity index (χ3n) is 4.25. The van der Waals surface area contributed by atoms with Crippen molar-refractivity contribution in [3.63, 3.8) is 0 Å². The number of carbonyl (C=O) groups is 2. The summed E-state index contributed by atoms with van der Waals surface area (Å²) in [5.41, 5.74) is -0.433. The largest absolute Gasteiger partial charge is 0.497 e. The number of ether oxygens (including phenoxy) is 1. The fourth-order valence-electron chi connectivity index (χ4n) is 2.95. The number of hydrogen-bond donors (Lipinski definition) is 3. The number of para-hydroxylation sites is 1. The number of benzene rings is 2. The number of anilines is 1. The molecule has 2 atom stereocenters. The van der Waals surface area contributed by atoms with Crippen LogP contribution in [0.1, 0.15) is 11.5 Å². The summed E-state index contributed by atoms with van der Waals surface area (Å²) in [4.78, 5) is 24.2. The Morgan fingerprint density at radius 3 is 2.44 bits per heavy atom. The molecule has 3 rings (SSSR count). The zero-order valence-corrected chi connectivity index (χ0v) is 14.2. The number of hydrogen-bond acceptors (Lipinski definition) is 3. The van der Waals surface area contributed by atoms with Gasteiger partial charge in [0.1, 0.15) is 29.2 Å². The van der Waals surface area contributed by atoms with Gasteiger partial charge in [-0.2, -0.15) is 0 Å². The third-order valence-corrected chi connectivity index (χ3v) is 4.25. The molecule has 1 heterocycles. The Morgan fingerprint density at radius 1 is 1.15 bits per heavy atom. The van der Waals surface area contributed by atoms with E-state index in [2.05, 4.69) is 16.0 Å². The maximum Gasteiger partial charge on any atom is 0.319 e. The summed E-state index contributed by atoms with van der Waals surface area (Å²) in [6.07, 6.45) is 0. The van der Waals surface area contributed by atoms with Crippen LogP contribution in [0.5, 0.6) is 5.75 Å². The summed E-state index contributed by atoms with van der Waals surface area (Å²) in [6, 6.07) is 5.36. The lowest BCUT2D eigenvalue weighted by Crippen LogP contribution is -2.45. The molecule has 9 heteroatoms. The number of nitrogens with one attached hydrogen (secondary N) is 3. The molecule has 1 aliphatic heterocycles. The van der Waals surface area contributed by atoms with Crippen molar-refractivity contribution in [2.24, 2.45) is 0 Å². The van der Waals surface area contributed by atoms with Crippen molar-refractivity contribution in [3.05, 3.63) is 59.4 Å². The van der Waals surface area contributed by atoms with Gasteiger partial charge in [-0.25, -0.2) is 18.0 Å². The van der Waals surface area contributed by atoms with Gasteiger partial charge in [-0.3, -0.25) is 4.79 Å². The molecule has 0 spiro atoms. The first kappa shape index (κ1) is 18.6. The van der Waals surface area contributed by atoms with E-state index in [0.717, 1.165) is 18.2 Å². The zero-order valence-electron chi connectivity index (χ0n) is 14.2. The highest BCUT2D eigenvalue weighted by Gasteiger charge is 2.40. The summed E-state index contributed by atoms with van der Waals surface area (Å²) in [6.45, 7) is -0.0658. The lowest BCUT2D eigenvalue weighted by molar-refractivity contribution is -0.120. The second kappa shape index (κ2) is 7.56. The molecule has 3 N–H and O–H groups in total. The van der Waals surface area contributed by atoms with E-state index < -0.39 is 41.3 Å². The molecule has 0 aromatic heterocycles. The van der Waals surface area contributed by atoms with Gasteiger partial charge in [0, 0.05) is 30.2 Å². The summed E-state index contributed by atoms with van der Waals surface area (Å²) in [5.74, 6) is -4.03. The number of methoxy groups -OCH3 is 1. The summed E-state index contributed by atoms with van der Waals surface area (Å²) in [7, 11) is 1.27. The molecule has 0 bridgehead atoms. The first-order valence-corrected chi connectivity index (χ1v) is 8.03. The van der Waals surface area contributed by atoms with Crippen LogP contribution in [-0.4, -0.2) is 31.6 Å². The third kappa shape index (κ3) is 3.81. The molecule has 1 fully saturated rings. The molecule has 3 amide bonds. The predicted octanol–water partition coefficient (Wildman–Crippen LogP) is 2.52. The number of halogens is 3. The summed E-state index contributed by atoms with van der Waals surface area (Å²) in [5, 5.41) is 7.07. The topological polar surface area (TPSA) is 79.5 Å². The Morgan fingerprint density at radius 2 is 1.81 bits per heavy atom. The van der Waals surface area contributed by atoms with Crippen LogP contribution < -0.4 is 20.7 Å². The minimum Gasteiger partial charge on any atom is -0.497 e. The van der Waals surface area contributed by atoms with Crippen molar-refractivity contribution in [2.45, 2.75) is 12.0 Å². The fraction of sp³-hybridized carbons (Fsp3) is 0.222. The average Bonchev–Trinajstić information content (AvgIpc) is 2.97. The molecule has 0 unspecified atom stereocenters. The lowest BCUT2D eigenvalue weighted by atomic mass is 9.93. The smallest absolute Gasteiger partial charge is 0.319 e. The molecular weight excluding hydrogens is 363 g/mol. The second-order valence-electron chi connectivity index (χ2n) is 5.91. The van der Waals surface area contributed by atoms with Crippen molar-refractivity contribution < 1.29 is 27.5 Å². The van der Waals surface area contributed by atoms with Gasteiger partial charge in [0.2, 0.25) is 5.91 Å². The molecule has 142 valence electrons. The fourth-order valence-corrected chi connectivity index (χ4v) is 2.95. The van der Waals surface area contributed by atoms with E-state index >= 15 is 0 Å². The summed E-state index contributed by atoms with van der Waals surface area (Å²) >= 11 is 0. The Balaban J connectivity index is 1.81. The molecule has 0 saturated carbocycles. The first-order chi connectivity index (χ1) is 12.9. The number of amides is 3. The van der Waals surface area contributed by atoms with Crippen LogP contribution in [0.4, 0.5) is 23.7 Å². The highest BCUT2D eigenvalue weighted by Crippen LogP contribution is 2.31. The lowest BCUT2D eigenvalue weighted by Gasteiger charge is -2.20. The molecule has 2 aromatic rings. The molecule has 6 nitrogen and oxygen atoms in total. The van der Waals surface area contributed by atoms with Crippen LogP contribution in [0, 0.1) is 17.5 Å². The van der Waals surface area contributed by atoms with E-state index in [4.69, 9.17) is 4.74 Å². The Bertz CT molecular complexity index is 868. The van der Waals surface area contributed by atoms with Crippen LogP contribution in [0.25, 0.3) is 0 Å². The van der Waals surface area contributed by atoms with E-state index in [1.807, 2.05) is 0 Å². The van der Waals surface area contributed by atoms with Crippen molar-refractivity contribution >= 4 is 17.6 Å². The quantitative estimate of drug-likeness (QED) is 0.764. The molecular formula is C18H16F3N3O3. The minimum atomic E-state index is -1.23. The maximum atomic E-state index is 14.4. The Labute approximate surface area is 152 Å². The zero-order chi connectivity index (χ0) is 19.6. The van der Waals surface area contributed by atoms with Gasteiger partial charge in [-0.15, -0.1) is 0 Å². The molecule has 1 saturated heterocycles. The highest BCUT2D eigenvalue weighted by molar-refractivity contribution is 5.95. The first-order valence-electron chi connectivity index (χ1n) is 8.03. The van der Waals surface area contributed by atoms with Gasteiger partial charge in [0.25, 0.3) is 0 Å². The van der Waals surface area contributed by atoms with Gasteiger partial charge in [-0.05, 0) is 12.1 Å². The monoisotopic (exact) mass is 379 g/mol. The van der Waals surface area contributed by atoms with Gasteiger partial charge in [0.05, 0.1) is 12.8 Å². The van der Waals surface area contributed by atoms with Gasteiger partial charge in [0.15, 0.2) is 0 Å². The van der Waals surface area contributed by atoms with Crippen molar-refractivity contribution in [1.29, 1.82) is 0 Å². The van der Waals surface area contributed by atoms with E-state index in [0.29, 0.717) is 0 Å². The van der Waals surface area contributed by atoms with E-state index in [1.54, 1.807) is 0 Å². The van der Waals surface area contributed by atoms with Crippen molar-refractivity contribution in [1.82, 2.24) is 10.6 Å². The number of carbonyl (C=O) groups excluding carboxylic acids is 2. The van der Waals surface area contributed by atoms with E-state index in [1.165, 1.54) is 25.3 Å². The van der Waals surface area contributed by atoms with Crippen LogP contribution in [0.3, 0.4) is 0 Å². The van der Waals surface area contributed by atoms with E-state index in [-0.39, 0.29) is 23.5 Å². The summed E-state index contributed by atoms with van der Waals surface area (Å²) < 4.78 is 47.1. The molecule has 1 aliphatic rings. The Hall–Kier alpha value is -3.23. The maximum absolute atomic E-state index is 14.4. The highest BCUT2D eigenvalue weighted by atomic mass is 19.1. The molecule has 0 aliphatic carbocycles. The average molecular weight is 379 g/mol. The second-order valence-corrected chi connectivity index (χ2v) is 5.91. The van der Waals surface area contributed by atoms with E-state index in [9.17, 15) is 22.8 Å². The van der Waals surface area contributed by atoms with Gasteiger partial charge >= 0.3 is 6.03 Å². The molecule has 27 heavy (non-hydrogen) atoms. The van der Waals surface area contributed by atoms with Crippen molar-refractivity contribution in [2.75, 3.05) is 19.0 Å². The van der Waals surface area contributed by atoms with Crippen LogP contribution in [0.2, 0.25) is 0 Å². The predicted molar refractivity (Wildman–Crippen MR) is 91.0 cm³/mol. The van der Waals surface area contributed by atoms with Crippen LogP contribution >= 0.6 is 0 Å². The number of urea groups is 1. The Kier molecular flexibility index (Phi) is 5.20. The minimum absolute atomic E-state index is 0.00663.